The van der Waals surface area contributed by atoms with Crippen LogP contribution >= 0.6 is 0 Å². The predicted octanol–water partition coefficient (Wildman–Crippen LogP) is 4.58. The lowest BCUT2D eigenvalue weighted by Gasteiger charge is -2.09. The third-order valence-electron chi connectivity index (χ3n) is 4.16. The Bertz CT molecular complexity index is 940. The Kier molecular flexibility index (Phi) is 5.21. The number of rotatable bonds is 6. The number of methoxy groups -OCH3 is 2. The molecule has 0 unspecified atom stereocenters. The Morgan fingerprint density at radius 2 is 1.93 bits per heavy atom. The summed E-state index contributed by atoms with van der Waals surface area (Å²) in [5.41, 5.74) is 3.00. The van der Waals surface area contributed by atoms with Crippen molar-refractivity contribution in [1.29, 1.82) is 0 Å². The van der Waals surface area contributed by atoms with Gasteiger partial charge in [0.25, 0.3) is 0 Å². The molecule has 2 aromatic carbocycles. The lowest BCUT2D eigenvalue weighted by atomic mass is 10.0. The van der Waals surface area contributed by atoms with Crippen molar-refractivity contribution in [3.8, 4) is 23.0 Å². The molecule has 0 saturated carbocycles. The first-order valence-corrected chi connectivity index (χ1v) is 8.51. The smallest absolute Gasteiger partial charge is 0.232 e. The van der Waals surface area contributed by atoms with Crippen molar-refractivity contribution in [3.05, 3.63) is 64.9 Å². The minimum absolute atomic E-state index is 0.160. The number of ether oxygens (including phenoxy) is 4. The van der Waals surface area contributed by atoms with Crippen molar-refractivity contribution < 1.29 is 23.7 Å². The molecule has 27 heavy (non-hydrogen) atoms. The maximum Gasteiger partial charge on any atom is 0.232 e. The van der Waals surface area contributed by atoms with Crippen molar-refractivity contribution in [2.75, 3.05) is 20.8 Å². The predicted molar refractivity (Wildman–Crippen MR) is 104 cm³/mol. The number of fused-ring (bicyclic) bond motifs is 1. The van der Waals surface area contributed by atoms with Crippen LogP contribution in [0.25, 0.3) is 6.08 Å². The highest BCUT2D eigenvalue weighted by Gasteiger charge is 2.30. The van der Waals surface area contributed by atoms with Crippen molar-refractivity contribution in [3.63, 3.8) is 0 Å². The molecule has 2 aromatic rings. The number of Topliss-reactive ketones (excluding diaryl/α,β-unsaturated/α-hetero) is 1. The summed E-state index contributed by atoms with van der Waals surface area (Å²) < 4.78 is 22.1. The number of carbonyl (C=O) groups excluding carboxylic acids is 1. The molecule has 0 N–H and O–H groups in total. The van der Waals surface area contributed by atoms with Crippen LogP contribution in [0.1, 0.15) is 28.4 Å². The zero-order valence-corrected chi connectivity index (χ0v) is 15.9. The number of aryl methyl sites for hydroxylation is 1. The summed E-state index contributed by atoms with van der Waals surface area (Å²) in [6.45, 7) is 8.00. The van der Waals surface area contributed by atoms with E-state index in [2.05, 4.69) is 6.58 Å². The van der Waals surface area contributed by atoms with Crippen molar-refractivity contribution in [2.24, 2.45) is 0 Å². The summed E-state index contributed by atoms with van der Waals surface area (Å²) in [5.74, 6) is 2.49. The largest absolute Gasteiger partial charge is 0.497 e. The van der Waals surface area contributed by atoms with E-state index in [0.29, 0.717) is 35.2 Å². The molecule has 5 nitrogen and oxygen atoms in total. The molecule has 0 saturated heterocycles. The Hall–Kier alpha value is -3.21. The number of allylic oxidation sites excluding steroid dienone is 1. The SMILES string of the molecule is C=C(C)COc1cc(C)c2c(c1)O/C(=C\c1ccc(OC)cc1OC)C2=O. The zero-order chi connectivity index (χ0) is 19.6. The van der Waals surface area contributed by atoms with Gasteiger partial charge in [0, 0.05) is 17.7 Å². The van der Waals surface area contributed by atoms with Crippen molar-refractivity contribution in [1.82, 2.24) is 0 Å². The monoisotopic (exact) mass is 366 g/mol. The van der Waals surface area contributed by atoms with Crippen molar-refractivity contribution in [2.45, 2.75) is 13.8 Å². The van der Waals surface area contributed by atoms with Gasteiger partial charge >= 0.3 is 0 Å². The molecule has 1 aliphatic heterocycles. The van der Waals surface area contributed by atoms with Gasteiger partial charge in [-0.3, -0.25) is 4.79 Å². The normalized spacial score (nSPS) is 13.9. The third-order valence-corrected chi connectivity index (χ3v) is 4.16. The van der Waals surface area contributed by atoms with E-state index in [1.165, 1.54) is 0 Å². The molecule has 0 aliphatic carbocycles. The van der Waals surface area contributed by atoms with E-state index in [1.807, 2.05) is 26.0 Å². The van der Waals surface area contributed by atoms with Crippen LogP contribution in [0.15, 0.2) is 48.2 Å². The van der Waals surface area contributed by atoms with Crippen LogP contribution in [-0.2, 0) is 0 Å². The van der Waals surface area contributed by atoms with Crippen LogP contribution < -0.4 is 18.9 Å². The Balaban J connectivity index is 1.93. The van der Waals surface area contributed by atoms with E-state index in [0.717, 1.165) is 16.7 Å². The average molecular weight is 366 g/mol. The minimum atomic E-state index is -0.160. The van der Waals surface area contributed by atoms with Crippen LogP contribution in [0.2, 0.25) is 0 Å². The molecule has 0 amide bonds. The number of hydrogen-bond donors (Lipinski definition) is 0. The summed E-state index contributed by atoms with van der Waals surface area (Å²) in [5, 5.41) is 0. The van der Waals surface area contributed by atoms with Gasteiger partial charge in [0.15, 0.2) is 5.76 Å². The number of hydrogen-bond acceptors (Lipinski definition) is 5. The van der Waals surface area contributed by atoms with E-state index in [-0.39, 0.29) is 11.5 Å². The first kappa shape index (κ1) is 18.6. The highest BCUT2D eigenvalue weighted by molar-refractivity contribution is 6.15. The third kappa shape index (κ3) is 3.82. The summed E-state index contributed by atoms with van der Waals surface area (Å²) in [7, 11) is 3.15. The molecule has 0 spiro atoms. The van der Waals surface area contributed by atoms with Gasteiger partial charge in [0.1, 0.15) is 29.6 Å². The van der Waals surface area contributed by atoms with Crippen LogP contribution in [-0.4, -0.2) is 26.6 Å². The van der Waals surface area contributed by atoms with E-state index in [9.17, 15) is 4.79 Å². The molecule has 0 atom stereocenters. The fourth-order valence-corrected chi connectivity index (χ4v) is 2.85. The lowest BCUT2D eigenvalue weighted by Crippen LogP contribution is -2.01. The fraction of sp³-hybridized carbons (Fsp3) is 0.227. The average Bonchev–Trinajstić information content (AvgIpc) is 2.96. The summed E-state index contributed by atoms with van der Waals surface area (Å²) in [6, 6.07) is 8.94. The van der Waals surface area contributed by atoms with Gasteiger partial charge in [0.2, 0.25) is 5.78 Å². The van der Waals surface area contributed by atoms with Crippen LogP contribution in [0.3, 0.4) is 0 Å². The molecule has 0 fully saturated rings. The minimum Gasteiger partial charge on any atom is -0.497 e. The molecule has 0 aromatic heterocycles. The summed E-state index contributed by atoms with van der Waals surface area (Å²) >= 11 is 0. The highest BCUT2D eigenvalue weighted by atomic mass is 16.5. The van der Waals surface area contributed by atoms with Gasteiger partial charge in [0.05, 0.1) is 19.8 Å². The van der Waals surface area contributed by atoms with E-state index in [1.54, 1.807) is 38.5 Å². The molecule has 3 rings (SSSR count). The molecule has 140 valence electrons. The second-order valence-corrected chi connectivity index (χ2v) is 6.41. The standard InChI is InChI=1S/C22H22O5/c1-13(2)12-26-17-8-14(3)21-19(11-17)27-20(22(21)23)9-15-6-7-16(24-4)10-18(15)25-5/h6-11H,1,12H2,2-5H3/b20-9-. The van der Waals surface area contributed by atoms with Crippen LogP contribution in [0, 0.1) is 6.92 Å². The Labute approximate surface area is 158 Å². The molecule has 1 heterocycles. The summed E-state index contributed by atoms with van der Waals surface area (Å²) in [6.07, 6.45) is 1.68. The maximum absolute atomic E-state index is 12.8. The second-order valence-electron chi connectivity index (χ2n) is 6.41. The molecule has 1 aliphatic rings. The van der Waals surface area contributed by atoms with Crippen LogP contribution in [0.4, 0.5) is 0 Å². The van der Waals surface area contributed by atoms with E-state index < -0.39 is 0 Å². The van der Waals surface area contributed by atoms with Gasteiger partial charge in [-0.15, -0.1) is 0 Å². The van der Waals surface area contributed by atoms with Gasteiger partial charge in [-0.1, -0.05) is 6.58 Å². The number of carbonyl (C=O) groups is 1. The first-order chi connectivity index (χ1) is 12.9. The molecule has 0 bridgehead atoms. The topological polar surface area (TPSA) is 54.0 Å². The number of ketones is 1. The Morgan fingerprint density at radius 1 is 1.15 bits per heavy atom. The second kappa shape index (κ2) is 7.58. The lowest BCUT2D eigenvalue weighted by molar-refractivity contribution is 0.101. The molecular weight excluding hydrogens is 344 g/mol. The maximum atomic E-state index is 12.8. The molecule has 5 heteroatoms. The summed E-state index contributed by atoms with van der Waals surface area (Å²) in [4.78, 5) is 12.8. The molecular formula is C22H22O5. The highest BCUT2D eigenvalue weighted by Crippen LogP contribution is 2.38. The van der Waals surface area contributed by atoms with Gasteiger partial charge in [-0.2, -0.15) is 0 Å². The van der Waals surface area contributed by atoms with E-state index >= 15 is 0 Å². The van der Waals surface area contributed by atoms with Crippen LogP contribution in [0.5, 0.6) is 23.0 Å². The van der Waals surface area contributed by atoms with Crippen molar-refractivity contribution >= 4 is 11.9 Å². The fourth-order valence-electron chi connectivity index (χ4n) is 2.85. The van der Waals surface area contributed by atoms with E-state index in [4.69, 9.17) is 18.9 Å². The van der Waals surface area contributed by atoms with Gasteiger partial charge < -0.3 is 18.9 Å². The van der Waals surface area contributed by atoms with Gasteiger partial charge in [-0.25, -0.2) is 0 Å². The molecule has 0 radical (unpaired) electrons. The Morgan fingerprint density at radius 3 is 2.59 bits per heavy atom. The quantitative estimate of drug-likeness (QED) is 0.553. The first-order valence-electron chi connectivity index (χ1n) is 8.51. The zero-order valence-electron chi connectivity index (χ0n) is 15.9. The van der Waals surface area contributed by atoms with Gasteiger partial charge in [-0.05, 0) is 49.3 Å². The number of benzene rings is 2.